The smallest absolute Gasteiger partial charge is 0.275 e. The Morgan fingerprint density at radius 1 is 1.21 bits per heavy atom. The Balaban J connectivity index is 1.63. The lowest BCUT2D eigenvalue weighted by Gasteiger charge is -2.07. The summed E-state index contributed by atoms with van der Waals surface area (Å²) in [5.41, 5.74) is 1.89. The second-order valence-corrected chi connectivity index (χ2v) is 6.10. The summed E-state index contributed by atoms with van der Waals surface area (Å²) in [5, 5.41) is 6.46. The molecule has 0 saturated heterocycles. The van der Waals surface area contributed by atoms with Crippen molar-refractivity contribution in [2.75, 3.05) is 5.32 Å². The first-order valence-corrected chi connectivity index (χ1v) is 8.39. The van der Waals surface area contributed by atoms with E-state index in [2.05, 4.69) is 25.4 Å². The number of benzene rings is 1. The number of rotatable bonds is 4. The number of hydrogen-bond donors (Lipinski definition) is 1. The fraction of sp³-hybridized carbons (Fsp3) is 0.105. The van der Waals surface area contributed by atoms with Crippen LogP contribution in [0.5, 0.6) is 0 Å². The van der Waals surface area contributed by atoms with Crippen LogP contribution < -0.4 is 5.32 Å². The van der Waals surface area contributed by atoms with E-state index in [4.69, 9.17) is 4.52 Å². The van der Waals surface area contributed by atoms with E-state index in [1.165, 1.54) is 24.7 Å². The van der Waals surface area contributed by atoms with Crippen LogP contribution in [0.1, 0.15) is 21.9 Å². The Labute approximate surface area is 159 Å². The summed E-state index contributed by atoms with van der Waals surface area (Å²) < 4.78 is 20.2. The van der Waals surface area contributed by atoms with Gasteiger partial charge in [0.05, 0.1) is 5.56 Å². The van der Waals surface area contributed by atoms with Gasteiger partial charge in [-0.3, -0.25) is 9.36 Å². The summed E-state index contributed by atoms with van der Waals surface area (Å²) in [6, 6.07) is 7.72. The summed E-state index contributed by atoms with van der Waals surface area (Å²) in [7, 11) is 0. The molecule has 1 amide bonds. The standard InChI is InChI=1S/C19H15FN6O2/c1-11-5-6-13(20)8-15(11)24-18(27)16-9-26(10-22-16)17-14(4-3-7-21-17)19-23-12(2)25-28-19/h3-10H,1-2H3,(H,24,27). The fourth-order valence-corrected chi connectivity index (χ4v) is 2.65. The molecule has 0 saturated carbocycles. The Kier molecular flexibility index (Phi) is 4.40. The summed E-state index contributed by atoms with van der Waals surface area (Å²) in [6.45, 7) is 3.50. The van der Waals surface area contributed by atoms with Gasteiger partial charge in [0.2, 0.25) is 0 Å². The van der Waals surface area contributed by atoms with Crippen LogP contribution in [0.15, 0.2) is 53.6 Å². The molecule has 0 fully saturated rings. The molecule has 9 heteroatoms. The van der Waals surface area contributed by atoms with Crippen molar-refractivity contribution in [3.63, 3.8) is 0 Å². The third-order valence-corrected chi connectivity index (χ3v) is 4.05. The summed E-state index contributed by atoms with van der Waals surface area (Å²) >= 11 is 0. The molecular weight excluding hydrogens is 363 g/mol. The molecule has 0 unspecified atom stereocenters. The van der Waals surface area contributed by atoms with Gasteiger partial charge >= 0.3 is 0 Å². The van der Waals surface area contributed by atoms with Crippen LogP contribution in [0, 0.1) is 19.7 Å². The topological polar surface area (TPSA) is 98.7 Å². The molecule has 0 aliphatic carbocycles. The van der Waals surface area contributed by atoms with Gasteiger partial charge < -0.3 is 9.84 Å². The zero-order valence-electron chi connectivity index (χ0n) is 15.0. The van der Waals surface area contributed by atoms with Crippen molar-refractivity contribution < 1.29 is 13.7 Å². The van der Waals surface area contributed by atoms with Crippen molar-refractivity contribution in [3.8, 4) is 17.3 Å². The maximum atomic E-state index is 13.4. The molecule has 0 bridgehead atoms. The van der Waals surface area contributed by atoms with E-state index in [-0.39, 0.29) is 5.69 Å². The monoisotopic (exact) mass is 378 g/mol. The first-order chi connectivity index (χ1) is 13.5. The van der Waals surface area contributed by atoms with Crippen molar-refractivity contribution in [1.82, 2.24) is 24.7 Å². The van der Waals surface area contributed by atoms with Gasteiger partial charge in [0.15, 0.2) is 11.6 Å². The van der Waals surface area contributed by atoms with Gasteiger partial charge in [-0.2, -0.15) is 4.98 Å². The summed E-state index contributed by atoms with van der Waals surface area (Å²) in [6.07, 6.45) is 4.60. The molecule has 28 heavy (non-hydrogen) atoms. The van der Waals surface area contributed by atoms with Crippen LogP contribution in [-0.4, -0.2) is 30.6 Å². The Morgan fingerprint density at radius 2 is 2.07 bits per heavy atom. The summed E-state index contributed by atoms with van der Waals surface area (Å²) in [4.78, 5) is 25.2. The van der Waals surface area contributed by atoms with Gasteiger partial charge in [-0.05, 0) is 43.7 Å². The molecule has 0 aliphatic heterocycles. The maximum absolute atomic E-state index is 13.4. The number of nitrogens with one attached hydrogen (secondary N) is 1. The average molecular weight is 378 g/mol. The van der Waals surface area contributed by atoms with Crippen molar-refractivity contribution in [2.45, 2.75) is 13.8 Å². The molecule has 0 aliphatic rings. The van der Waals surface area contributed by atoms with Crippen molar-refractivity contribution >= 4 is 11.6 Å². The number of nitrogens with zero attached hydrogens (tertiary/aromatic N) is 5. The number of halogens is 1. The lowest BCUT2D eigenvalue weighted by atomic mass is 10.2. The number of imidazole rings is 1. The predicted molar refractivity (Wildman–Crippen MR) is 98.5 cm³/mol. The van der Waals surface area contributed by atoms with E-state index in [1.54, 1.807) is 42.8 Å². The molecule has 1 aromatic carbocycles. The lowest BCUT2D eigenvalue weighted by Crippen LogP contribution is -2.13. The van der Waals surface area contributed by atoms with Crippen LogP contribution in [0.2, 0.25) is 0 Å². The van der Waals surface area contributed by atoms with E-state index in [0.717, 1.165) is 5.56 Å². The van der Waals surface area contributed by atoms with Gasteiger partial charge in [-0.1, -0.05) is 11.2 Å². The number of hydrogen-bond acceptors (Lipinski definition) is 6. The van der Waals surface area contributed by atoms with Crippen molar-refractivity contribution in [1.29, 1.82) is 0 Å². The highest BCUT2D eigenvalue weighted by Gasteiger charge is 2.17. The molecule has 4 aromatic rings. The van der Waals surface area contributed by atoms with Crippen molar-refractivity contribution in [2.24, 2.45) is 0 Å². The van der Waals surface area contributed by atoms with E-state index in [0.29, 0.717) is 28.8 Å². The van der Waals surface area contributed by atoms with Gasteiger partial charge in [0.1, 0.15) is 17.8 Å². The Morgan fingerprint density at radius 3 is 2.86 bits per heavy atom. The SMILES string of the molecule is Cc1noc(-c2cccnc2-n2cnc(C(=O)Nc3cc(F)ccc3C)c2)n1. The lowest BCUT2D eigenvalue weighted by molar-refractivity contribution is 0.102. The second kappa shape index (κ2) is 7.03. The van der Waals surface area contributed by atoms with E-state index >= 15 is 0 Å². The maximum Gasteiger partial charge on any atom is 0.275 e. The molecule has 4 rings (SSSR count). The number of carbonyl (C=O) groups excluding carboxylic acids is 1. The molecule has 0 atom stereocenters. The van der Waals surface area contributed by atoms with Crippen LogP contribution in [-0.2, 0) is 0 Å². The molecule has 0 spiro atoms. The van der Waals surface area contributed by atoms with E-state index in [9.17, 15) is 9.18 Å². The third kappa shape index (κ3) is 3.37. The van der Waals surface area contributed by atoms with Crippen LogP contribution in [0.4, 0.5) is 10.1 Å². The fourth-order valence-electron chi connectivity index (χ4n) is 2.65. The first kappa shape index (κ1) is 17.5. The van der Waals surface area contributed by atoms with Crippen LogP contribution in [0.25, 0.3) is 17.3 Å². The minimum Gasteiger partial charge on any atom is -0.334 e. The first-order valence-electron chi connectivity index (χ1n) is 8.39. The molecule has 3 heterocycles. The summed E-state index contributed by atoms with van der Waals surface area (Å²) in [5.74, 6) is 0.411. The zero-order valence-corrected chi connectivity index (χ0v) is 15.0. The zero-order chi connectivity index (χ0) is 19.7. The minimum atomic E-state index is -0.460. The quantitative estimate of drug-likeness (QED) is 0.585. The number of pyridine rings is 1. The van der Waals surface area contributed by atoms with Crippen LogP contribution >= 0.6 is 0 Å². The molecule has 1 N–H and O–H groups in total. The number of anilines is 1. The average Bonchev–Trinajstić information content (AvgIpc) is 3.34. The normalized spacial score (nSPS) is 10.8. The number of carbonyl (C=O) groups is 1. The van der Waals surface area contributed by atoms with E-state index < -0.39 is 11.7 Å². The molecule has 3 aromatic heterocycles. The predicted octanol–water partition coefficient (Wildman–Crippen LogP) is 3.33. The minimum absolute atomic E-state index is 0.155. The van der Waals surface area contributed by atoms with Gasteiger partial charge in [-0.15, -0.1) is 0 Å². The third-order valence-electron chi connectivity index (χ3n) is 4.05. The largest absolute Gasteiger partial charge is 0.334 e. The highest BCUT2D eigenvalue weighted by atomic mass is 19.1. The van der Waals surface area contributed by atoms with E-state index in [1.807, 2.05) is 0 Å². The second-order valence-electron chi connectivity index (χ2n) is 6.10. The number of aryl methyl sites for hydroxylation is 2. The van der Waals surface area contributed by atoms with Gasteiger partial charge in [-0.25, -0.2) is 14.4 Å². The number of aromatic nitrogens is 5. The van der Waals surface area contributed by atoms with Gasteiger partial charge in [0.25, 0.3) is 11.8 Å². The molecule has 0 radical (unpaired) electrons. The number of amides is 1. The Hall–Kier alpha value is -3.88. The van der Waals surface area contributed by atoms with Crippen molar-refractivity contribution in [3.05, 3.63) is 72.0 Å². The Bertz CT molecular complexity index is 1170. The molecule has 140 valence electrons. The highest BCUT2D eigenvalue weighted by Crippen LogP contribution is 2.24. The molecule has 8 nitrogen and oxygen atoms in total. The highest BCUT2D eigenvalue weighted by molar-refractivity contribution is 6.03. The van der Waals surface area contributed by atoms with Gasteiger partial charge in [0, 0.05) is 18.1 Å². The van der Waals surface area contributed by atoms with Crippen LogP contribution in [0.3, 0.4) is 0 Å². The molecular formula is C19H15FN6O2.